The van der Waals surface area contributed by atoms with Crippen LogP contribution in [0.4, 0.5) is 0 Å². The molecule has 0 saturated heterocycles. The van der Waals surface area contributed by atoms with E-state index < -0.39 is 0 Å². The Kier molecular flexibility index (Phi) is 9.10. The highest BCUT2D eigenvalue weighted by molar-refractivity contribution is 6.09. The van der Waals surface area contributed by atoms with Crippen LogP contribution in [-0.2, 0) is 11.8 Å². The summed E-state index contributed by atoms with van der Waals surface area (Å²) in [5.41, 5.74) is 14.2. The Bertz CT molecular complexity index is 2430. The molecule has 0 radical (unpaired) electrons. The van der Waals surface area contributed by atoms with Crippen molar-refractivity contribution in [2.75, 3.05) is 0 Å². The predicted molar refractivity (Wildman–Crippen MR) is 218 cm³/mol. The first-order valence-corrected chi connectivity index (χ1v) is 18.7. The number of benzene rings is 4. The van der Waals surface area contributed by atoms with Crippen LogP contribution in [-0.4, -0.2) is 19.3 Å². The average molecular weight is 689 g/mol. The minimum absolute atomic E-state index is 0.106. The van der Waals surface area contributed by atoms with E-state index >= 15 is 0 Å². The molecule has 0 spiro atoms. The Morgan fingerprint density at radius 2 is 1.42 bits per heavy atom. The van der Waals surface area contributed by atoms with Gasteiger partial charge in [-0.1, -0.05) is 84.4 Å². The van der Waals surface area contributed by atoms with Crippen molar-refractivity contribution in [1.82, 2.24) is 19.3 Å². The summed E-state index contributed by atoms with van der Waals surface area (Å²) in [4.78, 5) is 4.85. The lowest BCUT2D eigenvalue weighted by Crippen LogP contribution is -2.13. The quantitative estimate of drug-likeness (QED) is 0.160. The van der Waals surface area contributed by atoms with Gasteiger partial charge in [0.15, 0.2) is 0 Å². The topological polar surface area (TPSA) is 44.9 Å². The summed E-state index contributed by atoms with van der Waals surface area (Å²) in [5.74, 6) is 3.33. The van der Waals surface area contributed by atoms with E-state index in [-0.39, 0.29) is 5.41 Å². The molecule has 0 aliphatic carbocycles. The van der Waals surface area contributed by atoms with E-state index in [0.29, 0.717) is 11.8 Å². The highest BCUT2D eigenvalue weighted by Crippen LogP contribution is 2.40. The largest absolute Gasteiger partial charge is 0.457 e. The number of ether oxygens (including phenoxy) is 1. The summed E-state index contributed by atoms with van der Waals surface area (Å²) in [6.45, 7) is 24.6. The van der Waals surface area contributed by atoms with Gasteiger partial charge >= 0.3 is 0 Å². The van der Waals surface area contributed by atoms with Crippen LogP contribution in [0.15, 0.2) is 91.1 Å². The zero-order chi connectivity index (χ0) is 37.1. The Morgan fingerprint density at radius 3 is 2.12 bits per heavy atom. The van der Waals surface area contributed by atoms with E-state index in [9.17, 15) is 0 Å². The van der Waals surface area contributed by atoms with Crippen molar-refractivity contribution < 1.29 is 4.74 Å². The van der Waals surface area contributed by atoms with Crippen molar-refractivity contribution >= 4 is 21.8 Å². The summed E-state index contributed by atoms with van der Waals surface area (Å²) < 4.78 is 11.3. The standard InChI is InChI=1S/C47H52N4O/c1-28(2)20-43-46(45-31(6)21-30(5)22-32(45)7)33(8)49-51(43)36-24-35(47(9,10)11)25-38(26-36)52-37-16-17-40-39-14-12-13-15-41(39)50(42(40)27-37)44-23-34(29(3)4)18-19-48-44/h12-19,21-29H,20H2,1-11H3. The Morgan fingerprint density at radius 1 is 0.712 bits per heavy atom. The molecule has 0 aliphatic heterocycles. The molecule has 7 rings (SSSR count). The van der Waals surface area contributed by atoms with Crippen molar-refractivity contribution in [3.63, 3.8) is 0 Å². The van der Waals surface area contributed by atoms with Crippen molar-refractivity contribution in [1.29, 1.82) is 0 Å². The zero-order valence-electron chi connectivity index (χ0n) is 32.7. The van der Waals surface area contributed by atoms with E-state index in [0.717, 1.165) is 46.2 Å². The highest BCUT2D eigenvalue weighted by Gasteiger charge is 2.24. The third kappa shape index (κ3) is 6.53. The van der Waals surface area contributed by atoms with Crippen LogP contribution in [0.2, 0.25) is 0 Å². The van der Waals surface area contributed by atoms with Crippen LogP contribution in [0.3, 0.4) is 0 Å². The maximum atomic E-state index is 6.85. The molecule has 7 aromatic rings. The fraction of sp³-hybridized carbons (Fsp3) is 0.319. The molecule has 5 nitrogen and oxygen atoms in total. The van der Waals surface area contributed by atoms with Crippen molar-refractivity contribution in [3.05, 3.63) is 130 Å². The molecule has 0 atom stereocenters. The molecule has 0 unspecified atom stereocenters. The first kappa shape index (κ1) is 35.3. The fourth-order valence-electron chi connectivity index (χ4n) is 7.77. The number of nitrogens with zero attached hydrogens (tertiary/aromatic N) is 4. The SMILES string of the molecule is Cc1cc(C)c(-c2c(C)nn(-c3cc(Oc4ccc5c6ccccc6n(-c6cc(C(C)C)ccn6)c5c4)cc(C(C)(C)C)c3)c2CC(C)C)c(C)c1. The molecular formula is C47H52N4O. The summed E-state index contributed by atoms with van der Waals surface area (Å²) in [6.07, 6.45) is 2.83. The van der Waals surface area contributed by atoms with Gasteiger partial charge in [0.25, 0.3) is 0 Å². The molecule has 0 saturated carbocycles. The van der Waals surface area contributed by atoms with Crippen LogP contribution in [0.1, 0.15) is 93.6 Å². The second-order valence-electron chi connectivity index (χ2n) is 16.4. The van der Waals surface area contributed by atoms with Gasteiger partial charge in [0.05, 0.1) is 28.1 Å². The number of hydrogen-bond donors (Lipinski definition) is 0. The van der Waals surface area contributed by atoms with Gasteiger partial charge in [0.2, 0.25) is 0 Å². The number of aromatic nitrogens is 4. The van der Waals surface area contributed by atoms with E-state index in [2.05, 4.69) is 170 Å². The second-order valence-corrected chi connectivity index (χ2v) is 16.4. The van der Waals surface area contributed by atoms with Gasteiger partial charge < -0.3 is 4.74 Å². The lowest BCUT2D eigenvalue weighted by molar-refractivity contribution is 0.478. The summed E-state index contributed by atoms with van der Waals surface area (Å²) >= 11 is 0. The molecule has 0 amide bonds. The van der Waals surface area contributed by atoms with E-state index in [4.69, 9.17) is 14.8 Å². The van der Waals surface area contributed by atoms with E-state index in [1.165, 1.54) is 55.4 Å². The van der Waals surface area contributed by atoms with Gasteiger partial charge in [-0.3, -0.25) is 4.57 Å². The molecule has 5 heteroatoms. The summed E-state index contributed by atoms with van der Waals surface area (Å²) in [6, 6.07) is 30.5. The highest BCUT2D eigenvalue weighted by atomic mass is 16.5. The fourth-order valence-corrected chi connectivity index (χ4v) is 7.77. The van der Waals surface area contributed by atoms with Crippen LogP contribution in [0, 0.1) is 33.6 Å². The maximum Gasteiger partial charge on any atom is 0.137 e. The third-order valence-electron chi connectivity index (χ3n) is 10.2. The van der Waals surface area contributed by atoms with Gasteiger partial charge in [-0.25, -0.2) is 9.67 Å². The van der Waals surface area contributed by atoms with Gasteiger partial charge in [-0.05, 0) is 122 Å². The molecule has 3 heterocycles. The average Bonchev–Trinajstić information content (AvgIpc) is 3.57. The Labute approximate surface area is 309 Å². The monoisotopic (exact) mass is 688 g/mol. The number of pyridine rings is 1. The van der Waals surface area contributed by atoms with Crippen molar-refractivity contribution in [3.8, 4) is 34.1 Å². The minimum Gasteiger partial charge on any atom is -0.457 e. The normalized spacial score (nSPS) is 12.2. The first-order chi connectivity index (χ1) is 24.7. The molecule has 3 aromatic heterocycles. The molecule has 0 N–H and O–H groups in total. The van der Waals surface area contributed by atoms with Crippen LogP contribution in [0.5, 0.6) is 11.5 Å². The summed E-state index contributed by atoms with van der Waals surface area (Å²) in [7, 11) is 0. The number of para-hydroxylation sites is 1. The molecule has 266 valence electrons. The molecule has 52 heavy (non-hydrogen) atoms. The lowest BCUT2D eigenvalue weighted by Gasteiger charge is -2.22. The van der Waals surface area contributed by atoms with Crippen molar-refractivity contribution in [2.24, 2.45) is 5.92 Å². The number of fused-ring (bicyclic) bond motifs is 3. The minimum atomic E-state index is -0.106. The number of hydrogen-bond acceptors (Lipinski definition) is 3. The molecule has 0 aliphatic rings. The van der Waals surface area contributed by atoms with Crippen LogP contribution >= 0.6 is 0 Å². The predicted octanol–water partition coefficient (Wildman–Crippen LogP) is 12.7. The Balaban J connectivity index is 1.38. The number of aryl methyl sites for hydroxylation is 4. The lowest BCUT2D eigenvalue weighted by atomic mass is 9.86. The molecule has 0 bridgehead atoms. The first-order valence-electron chi connectivity index (χ1n) is 18.7. The Hall–Kier alpha value is -5.16. The van der Waals surface area contributed by atoms with Gasteiger partial charge in [-0.2, -0.15) is 5.10 Å². The summed E-state index contributed by atoms with van der Waals surface area (Å²) in [5, 5.41) is 7.63. The van der Waals surface area contributed by atoms with E-state index in [1.807, 2.05) is 6.20 Å². The molecule has 0 fully saturated rings. The van der Waals surface area contributed by atoms with Gasteiger partial charge in [0.1, 0.15) is 17.3 Å². The molecular weight excluding hydrogens is 637 g/mol. The number of rotatable bonds is 8. The molecule has 4 aromatic carbocycles. The van der Waals surface area contributed by atoms with E-state index in [1.54, 1.807) is 0 Å². The third-order valence-corrected chi connectivity index (χ3v) is 10.2. The van der Waals surface area contributed by atoms with Crippen LogP contribution < -0.4 is 4.74 Å². The zero-order valence-corrected chi connectivity index (χ0v) is 32.7. The second kappa shape index (κ2) is 13.4. The van der Waals surface area contributed by atoms with Gasteiger partial charge in [-0.15, -0.1) is 0 Å². The van der Waals surface area contributed by atoms with Crippen LogP contribution in [0.25, 0.3) is 44.4 Å². The van der Waals surface area contributed by atoms with Crippen molar-refractivity contribution in [2.45, 2.75) is 93.9 Å². The smallest absolute Gasteiger partial charge is 0.137 e. The van der Waals surface area contributed by atoms with Gasteiger partial charge in [0, 0.05) is 34.7 Å². The maximum absolute atomic E-state index is 6.85.